The number of nitrogens with two attached hydrogens (primary N) is 1. The summed E-state index contributed by atoms with van der Waals surface area (Å²) in [6.07, 6.45) is 0.352. The fraction of sp³-hybridized carbons (Fsp3) is 0.462. The van der Waals surface area contributed by atoms with Gasteiger partial charge in [0.05, 0.1) is 0 Å². The van der Waals surface area contributed by atoms with Gasteiger partial charge in [-0.1, -0.05) is 56.3 Å². The van der Waals surface area contributed by atoms with Gasteiger partial charge in [0.25, 0.3) is 0 Å². The number of hydrogen-bond acceptors (Lipinski definition) is 6. The van der Waals surface area contributed by atoms with E-state index in [4.69, 9.17) is 10.9 Å². The molecule has 10 nitrogen and oxygen atoms in total. The second kappa shape index (κ2) is 14.2. The molecule has 0 fully saturated rings. The molecule has 0 spiro atoms. The van der Waals surface area contributed by atoms with Crippen molar-refractivity contribution < 1.29 is 24.4 Å². The van der Waals surface area contributed by atoms with Gasteiger partial charge in [0.2, 0.25) is 23.6 Å². The molecule has 0 aliphatic heterocycles. The first kappa shape index (κ1) is 28.7. The van der Waals surface area contributed by atoms with Crippen LogP contribution in [0.2, 0.25) is 0 Å². The lowest BCUT2D eigenvalue weighted by Crippen LogP contribution is -2.54. The number of fused-ring (bicyclic) bond motifs is 1. The molecular formula is C26H37N5O5. The Morgan fingerprint density at radius 2 is 1.61 bits per heavy atom. The maximum absolute atomic E-state index is 13.2. The molecule has 0 aromatic heterocycles. The van der Waals surface area contributed by atoms with Crippen LogP contribution in [-0.2, 0) is 25.6 Å². The van der Waals surface area contributed by atoms with Crippen molar-refractivity contribution in [3.63, 3.8) is 0 Å². The summed E-state index contributed by atoms with van der Waals surface area (Å²) in [6.45, 7) is 5.92. The summed E-state index contributed by atoms with van der Waals surface area (Å²) in [6, 6.07) is 11.7. The fourth-order valence-corrected chi connectivity index (χ4v) is 3.95. The first-order chi connectivity index (χ1) is 17.1. The normalized spacial score (nSPS) is 13.5. The Hall–Kier alpha value is -3.50. The largest absolute Gasteiger partial charge is 0.353 e. The highest BCUT2D eigenvalue weighted by Crippen LogP contribution is 2.19. The molecule has 0 saturated carbocycles. The fourth-order valence-electron chi connectivity index (χ4n) is 3.95. The summed E-state index contributed by atoms with van der Waals surface area (Å²) in [4.78, 5) is 50.4. The molecule has 0 radical (unpaired) electrons. The highest BCUT2D eigenvalue weighted by molar-refractivity contribution is 5.93. The van der Waals surface area contributed by atoms with Gasteiger partial charge in [-0.05, 0) is 35.6 Å². The molecule has 2 aromatic rings. The monoisotopic (exact) mass is 499 g/mol. The van der Waals surface area contributed by atoms with Crippen LogP contribution in [0, 0.1) is 11.8 Å². The van der Waals surface area contributed by atoms with Gasteiger partial charge in [-0.2, -0.15) is 0 Å². The van der Waals surface area contributed by atoms with Gasteiger partial charge in [0, 0.05) is 31.8 Å². The van der Waals surface area contributed by atoms with Crippen molar-refractivity contribution in [1.82, 2.24) is 21.4 Å². The van der Waals surface area contributed by atoms with Crippen LogP contribution in [0.15, 0.2) is 42.5 Å². The summed E-state index contributed by atoms with van der Waals surface area (Å²) in [5.41, 5.74) is 7.80. The second-order valence-corrected chi connectivity index (χ2v) is 9.32. The van der Waals surface area contributed by atoms with Crippen LogP contribution < -0.4 is 27.2 Å². The zero-order chi connectivity index (χ0) is 26.7. The number of rotatable bonds is 13. The quantitative estimate of drug-likeness (QED) is 0.178. The van der Waals surface area contributed by atoms with Crippen molar-refractivity contribution in [3.05, 3.63) is 48.0 Å². The SMILES string of the molecule is CC(C)CC(CC(=O)NO)C(=O)N[C@H](Cc1ccc2ccccc2c1)C(=O)N[C@H](C)C(=O)NCCN. The molecule has 2 rings (SSSR count). The second-order valence-electron chi connectivity index (χ2n) is 9.32. The Morgan fingerprint density at radius 1 is 0.917 bits per heavy atom. The van der Waals surface area contributed by atoms with Crippen molar-refractivity contribution in [2.24, 2.45) is 17.6 Å². The summed E-state index contributed by atoms with van der Waals surface area (Å²) in [5.74, 6) is -2.71. The zero-order valence-electron chi connectivity index (χ0n) is 21.0. The van der Waals surface area contributed by atoms with Crippen molar-refractivity contribution in [1.29, 1.82) is 0 Å². The lowest BCUT2D eigenvalue weighted by atomic mass is 9.92. The van der Waals surface area contributed by atoms with Crippen LogP contribution in [-0.4, -0.2) is 54.0 Å². The smallest absolute Gasteiger partial charge is 0.244 e. The van der Waals surface area contributed by atoms with Crippen molar-refractivity contribution in [2.45, 2.75) is 52.1 Å². The minimum Gasteiger partial charge on any atom is -0.353 e. The predicted octanol–water partition coefficient (Wildman–Crippen LogP) is 1.00. The number of carbonyl (C=O) groups excluding carboxylic acids is 4. The van der Waals surface area contributed by atoms with E-state index in [0.29, 0.717) is 6.42 Å². The van der Waals surface area contributed by atoms with E-state index in [9.17, 15) is 19.2 Å². The lowest BCUT2D eigenvalue weighted by Gasteiger charge is -2.24. The summed E-state index contributed by atoms with van der Waals surface area (Å²) in [5, 5.41) is 19.0. The van der Waals surface area contributed by atoms with E-state index in [2.05, 4.69) is 16.0 Å². The van der Waals surface area contributed by atoms with Gasteiger partial charge in [0.15, 0.2) is 0 Å². The number of benzene rings is 2. The summed E-state index contributed by atoms with van der Waals surface area (Å²) >= 11 is 0. The topological polar surface area (TPSA) is 163 Å². The zero-order valence-corrected chi connectivity index (χ0v) is 21.0. The molecule has 10 heteroatoms. The molecule has 0 saturated heterocycles. The standard InChI is InChI=1S/C26H37N5O5/c1-16(2)12-21(15-23(32)31-36)25(34)30-22(26(35)29-17(3)24(33)28-11-10-27)14-18-8-9-19-6-4-5-7-20(19)13-18/h4-9,13,16-17,21-22,36H,10-12,14-15,27H2,1-3H3,(H,28,33)(H,29,35)(H,30,34)(H,31,32)/t17-,21?,22-/m1/s1. The molecule has 0 heterocycles. The van der Waals surface area contributed by atoms with Crippen LogP contribution in [0.3, 0.4) is 0 Å². The average molecular weight is 500 g/mol. The molecule has 196 valence electrons. The molecule has 0 aliphatic rings. The van der Waals surface area contributed by atoms with E-state index < -0.39 is 35.7 Å². The van der Waals surface area contributed by atoms with E-state index >= 15 is 0 Å². The van der Waals surface area contributed by atoms with Gasteiger partial charge in [-0.25, -0.2) is 5.48 Å². The van der Waals surface area contributed by atoms with E-state index in [1.165, 1.54) is 0 Å². The molecule has 0 aliphatic carbocycles. The Balaban J connectivity index is 2.26. The Kier molecular flexibility index (Phi) is 11.3. The maximum Gasteiger partial charge on any atom is 0.244 e. The van der Waals surface area contributed by atoms with E-state index in [1.807, 2.05) is 56.3 Å². The van der Waals surface area contributed by atoms with Gasteiger partial charge in [0.1, 0.15) is 12.1 Å². The van der Waals surface area contributed by atoms with E-state index in [1.54, 1.807) is 12.4 Å². The Morgan fingerprint density at radius 3 is 2.25 bits per heavy atom. The van der Waals surface area contributed by atoms with Crippen LogP contribution in [0.25, 0.3) is 10.8 Å². The third kappa shape index (κ3) is 8.94. The molecule has 36 heavy (non-hydrogen) atoms. The van der Waals surface area contributed by atoms with Crippen LogP contribution in [0.5, 0.6) is 0 Å². The van der Waals surface area contributed by atoms with Gasteiger partial charge in [-0.15, -0.1) is 0 Å². The highest BCUT2D eigenvalue weighted by Gasteiger charge is 2.29. The van der Waals surface area contributed by atoms with Crippen molar-refractivity contribution in [2.75, 3.05) is 13.1 Å². The molecular weight excluding hydrogens is 462 g/mol. The number of hydroxylamine groups is 1. The van der Waals surface area contributed by atoms with E-state index in [0.717, 1.165) is 16.3 Å². The molecule has 2 aromatic carbocycles. The first-order valence-electron chi connectivity index (χ1n) is 12.1. The third-order valence-corrected chi connectivity index (χ3v) is 5.77. The van der Waals surface area contributed by atoms with Gasteiger partial charge in [-0.3, -0.25) is 24.4 Å². The molecule has 1 unspecified atom stereocenters. The third-order valence-electron chi connectivity index (χ3n) is 5.77. The van der Waals surface area contributed by atoms with Crippen LogP contribution in [0.4, 0.5) is 0 Å². The predicted molar refractivity (Wildman–Crippen MR) is 137 cm³/mol. The van der Waals surface area contributed by atoms with Crippen molar-refractivity contribution in [3.8, 4) is 0 Å². The number of amides is 4. The number of hydrogen-bond donors (Lipinski definition) is 6. The van der Waals surface area contributed by atoms with Crippen LogP contribution >= 0.6 is 0 Å². The van der Waals surface area contributed by atoms with Crippen LogP contribution in [0.1, 0.15) is 39.2 Å². The number of nitrogens with one attached hydrogen (secondary N) is 4. The Labute approximate surface area is 211 Å². The summed E-state index contributed by atoms with van der Waals surface area (Å²) < 4.78 is 0. The van der Waals surface area contributed by atoms with Crippen molar-refractivity contribution >= 4 is 34.4 Å². The van der Waals surface area contributed by atoms with Gasteiger partial charge >= 0.3 is 0 Å². The lowest BCUT2D eigenvalue weighted by molar-refractivity contribution is -0.137. The highest BCUT2D eigenvalue weighted by atomic mass is 16.5. The molecule has 3 atom stereocenters. The first-order valence-corrected chi connectivity index (χ1v) is 12.1. The average Bonchev–Trinajstić information content (AvgIpc) is 2.85. The molecule has 0 bridgehead atoms. The Bertz CT molecular complexity index is 1060. The minimum absolute atomic E-state index is 0.103. The van der Waals surface area contributed by atoms with Gasteiger partial charge < -0.3 is 21.7 Å². The van der Waals surface area contributed by atoms with E-state index in [-0.39, 0.29) is 37.8 Å². The number of carbonyl (C=O) groups is 4. The molecule has 4 amide bonds. The maximum atomic E-state index is 13.2. The molecule has 7 N–H and O–H groups in total. The summed E-state index contributed by atoms with van der Waals surface area (Å²) in [7, 11) is 0. The minimum atomic E-state index is -0.990.